The van der Waals surface area contributed by atoms with E-state index >= 15 is 0 Å². The third kappa shape index (κ3) is 5.48. The molecule has 0 unspecified atom stereocenters. The van der Waals surface area contributed by atoms with Gasteiger partial charge in [0.25, 0.3) is 0 Å². The number of nitrogens with zero attached hydrogens (tertiary/aromatic N) is 4. The first-order chi connectivity index (χ1) is 15.6. The quantitative estimate of drug-likeness (QED) is 0.513. The highest BCUT2D eigenvalue weighted by atomic mass is 16.6. The number of carbonyl (C=O) groups excluding carboxylic acids is 2. The number of para-hydroxylation sites is 1. The SMILES string of the molecule is Nc1nc(COC(=O)COc2ccc(N3CCCC3=O)cc2)nc(Nc2ccccc2)n1. The largest absolute Gasteiger partial charge is 0.482 e. The number of nitrogen functional groups attached to an aromatic ring is 1. The van der Waals surface area contributed by atoms with Crippen molar-refractivity contribution in [2.75, 3.05) is 29.1 Å². The van der Waals surface area contributed by atoms with Crippen molar-refractivity contribution in [3.63, 3.8) is 0 Å². The average Bonchev–Trinajstić information content (AvgIpc) is 3.23. The number of benzene rings is 2. The van der Waals surface area contributed by atoms with E-state index in [-0.39, 0.29) is 36.8 Å². The molecule has 0 aliphatic carbocycles. The summed E-state index contributed by atoms with van der Waals surface area (Å²) in [6.45, 7) is 0.265. The molecule has 0 bridgehead atoms. The molecule has 0 radical (unpaired) electrons. The summed E-state index contributed by atoms with van der Waals surface area (Å²) >= 11 is 0. The normalized spacial score (nSPS) is 13.1. The Hall–Kier alpha value is -4.21. The summed E-state index contributed by atoms with van der Waals surface area (Å²) in [6.07, 6.45) is 1.43. The van der Waals surface area contributed by atoms with Gasteiger partial charge in [-0.25, -0.2) is 4.79 Å². The van der Waals surface area contributed by atoms with Crippen LogP contribution in [-0.4, -0.2) is 40.0 Å². The average molecular weight is 434 g/mol. The Labute approximate surface area is 184 Å². The van der Waals surface area contributed by atoms with Crippen molar-refractivity contribution in [1.29, 1.82) is 0 Å². The van der Waals surface area contributed by atoms with Gasteiger partial charge in [-0.3, -0.25) is 4.79 Å². The zero-order valence-electron chi connectivity index (χ0n) is 17.2. The van der Waals surface area contributed by atoms with Crippen molar-refractivity contribution in [3.05, 3.63) is 60.4 Å². The molecule has 2 heterocycles. The molecule has 1 saturated heterocycles. The summed E-state index contributed by atoms with van der Waals surface area (Å²) in [5.41, 5.74) is 7.33. The van der Waals surface area contributed by atoms with Gasteiger partial charge in [-0.2, -0.15) is 15.0 Å². The van der Waals surface area contributed by atoms with Gasteiger partial charge >= 0.3 is 5.97 Å². The van der Waals surface area contributed by atoms with Crippen LogP contribution in [0.2, 0.25) is 0 Å². The molecule has 1 aliphatic heterocycles. The molecule has 3 N–H and O–H groups in total. The minimum atomic E-state index is -0.583. The predicted octanol–water partition coefficient (Wildman–Crippen LogP) is 2.45. The monoisotopic (exact) mass is 434 g/mol. The molecule has 0 saturated carbocycles. The highest BCUT2D eigenvalue weighted by molar-refractivity contribution is 5.95. The van der Waals surface area contributed by atoms with Crippen LogP contribution in [0.3, 0.4) is 0 Å². The third-order valence-electron chi connectivity index (χ3n) is 4.67. The Kier molecular flexibility index (Phi) is 6.40. The molecule has 0 spiro atoms. The van der Waals surface area contributed by atoms with Crippen LogP contribution in [0.25, 0.3) is 0 Å². The fourth-order valence-corrected chi connectivity index (χ4v) is 3.18. The second kappa shape index (κ2) is 9.73. The zero-order valence-corrected chi connectivity index (χ0v) is 17.2. The van der Waals surface area contributed by atoms with Gasteiger partial charge in [-0.15, -0.1) is 0 Å². The Morgan fingerprint density at radius 2 is 1.84 bits per heavy atom. The van der Waals surface area contributed by atoms with Gasteiger partial charge < -0.3 is 25.4 Å². The van der Waals surface area contributed by atoms with Crippen LogP contribution in [-0.2, 0) is 20.9 Å². The van der Waals surface area contributed by atoms with E-state index in [9.17, 15) is 9.59 Å². The van der Waals surface area contributed by atoms with E-state index in [1.165, 1.54) is 0 Å². The molecule has 3 aromatic rings. The Morgan fingerprint density at radius 3 is 2.56 bits per heavy atom. The summed E-state index contributed by atoms with van der Waals surface area (Å²) in [5, 5.41) is 3.01. The molecule has 4 rings (SSSR count). The first kappa shape index (κ1) is 21.0. The number of amides is 1. The van der Waals surface area contributed by atoms with E-state index in [0.29, 0.717) is 12.2 Å². The standard InChI is InChI=1S/C22H22N6O4/c23-21-25-18(26-22(27-21)24-15-5-2-1-3-6-15)13-32-20(30)14-31-17-10-8-16(9-11-17)28-12-4-7-19(28)29/h1-3,5-6,8-11H,4,7,12-14H2,(H3,23,24,25,26,27). The molecule has 0 atom stereocenters. The zero-order chi connectivity index (χ0) is 22.3. The summed E-state index contributed by atoms with van der Waals surface area (Å²) in [7, 11) is 0. The molecule has 10 nitrogen and oxygen atoms in total. The van der Waals surface area contributed by atoms with Crippen LogP contribution in [0.1, 0.15) is 18.7 Å². The molecule has 1 amide bonds. The molecule has 32 heavy (non-hydrogen) atoms. The lowest BCUT2D eigenvalue weighted by molar-refractivity contribution is -0.147. The van der Waals surface area contributed by atoms with E-state index in [1.807, 2.05) is 30.3 Å². The van der Waals surface area contributed by atoms with Crippen LogP contribution in [0, 0.1) is 0 Å². The lowest BCUT2D eigenvalue weighted by Gasteiger charge is -2.16. The number of ether oxygens (including phenoxy) is 2. The Bertz CT molecular complexity index is 1090. The minimum Gasteiger partial charge on any atom is -0.482 e. The molecule has 1 fully saturated rings. The van der Waals surface area contributed by atoms with Crippen molar-refractivity contribution in [1.82, 2.24) is 15.0 Å². The maximum atomic E-state index is 12.1. The topological polar surface area (TPSA) is 133 Å². The van der Waals surface area contributed by atoms with Gasteiger partial charge in [0.2, 0.25) is 17.8 Å². The van der Waals surface area contributed by atoms with Gasteiger partial charge in [0.05, 0.1) is 0 Å². The number of aromatic nitrogens is 3. The second-order valence-electron chi connectivity index (χ2n) is 7.02. The molecule has 1 aromatic heterocycles. The van der Waals surface area contributed by atoms with Crippen LogP contribution in [0.4, 0.5) is 23.3 Å². The Balaban J connectivity index is 1.27. The number of esters is 1. The number of nitrogens with one attached hydrogen (secondary N) is 1. The minimum absolute atomic E-state index is 0.0114. The number of rotatable bonds is 8. The summed E-state index contributed by atoms with van der Waals surface area (Å²) < 4.78 is 10.6. The number of anilines is 4. The van der Waals surface area contributed by atoms with Crippen LogP contribution >= 0.6 is 0 Å². The van der Waals surface area contributed by atoms with Crippen molar-refractivity contribution < 1.29 is 19.1 Å². The fraction of sp³-hybridized carbons (Fsp3) is 0.227. The molecular weight excluding hydrogens is 412 g/mol. The summed E-state index contributed by atoms with van der Waals surface area (Å²) in [5.74, 6) is 0.503. The lowest BCUT2D eigenvalue weighted by Crippen LogP contribution is -2.23. The molecular formula is C22H22N6O4. The van der Waals surface area contributed by atoms with Crippen LogP contribution < -0.4 is 20.7 Å². The van der Waals surface area contributed by atoms with E-state index in [2.05, 4.69) is 20.3 Å². The maximum absolute atomic E-state index is 12.1. The maximum Gasteiger partial charge on any atom is 0.344 e. The first-order valence-electron chi connectivity index (χ1n) is 10.1. The van der Waals surface area contributed by atoms with Gasteiger partial charge in [0, 0.05) is 24.3 Å². The second-order valence-corrected chi connectivity index (χ2v) is 7.02. The Morgan fingerprint density at radius 1 is 1.06 bits per heavy atom. The highest BCUT2D eigenvalue weighted by Crippen LogP contribution is 2.24. The van der Waals surface area contributed by atoms with Gasteiger partial charge in [0.1, 0.15) is 5.75 Å². The van der Waals surface area contributed by atoms with E-state index in [0.717, 1.165) is 24.3 Å². The number of carbonyl (C=O) groups is 2. The third-order valence-corrected chi connectivity index (χ3v) is 4.67. The van der Waals surface area contributed by atoms with Crippen LogP contribution in [0.5, 0.6) is 5.75 Å². The van der Waals surface area contributed by atoms with E-state index in [1.54, 1.807) is 29.2 Å². The van der Waals surface area contributed by atoms with Crippen molar-refractivity contribution in [2.45, 2.75) is 19.4 Å². The number of hydrogen-bond donors (Lipinski definition) is 2. The summed E-state index contributed by atoms with van der Waals surface area (Å²) in [6, 6.07) is 16.3. The van der Waals surface area contributed by atoms with Gasteiger partial charge in [-0.1, -0.05) is 18.2 Å². The number of nitrogens with two attached hydrogens (primary N) is 1. The number of hydrogen-bond acceptors (Lipinski definition) is 9. The fourth-order valence-electron chi connectivity index (χ4n) is 3.18. The predicted molar refractivity (Wildman–Crippen MR) is 117 cm³/mol. The van der Waals surface area contributed by atoms with Crippen molar-refractivity contribution >= 4 is 35.1 Å². The van der Waals surface area contributed by atoms with E-state index < -0.39 is 5.97 Å². The first-order valence-corrected chi connectivity index (χ1v) is 10.1. The highest BCUT2D eigenvalue weighted by Gasteiger charge is 2.21. The van der Waals surface area contributed by atoms with E-state index in [4.69, 9.17) is 15.2 Å². The van der Waals surface area contributed by atoms with Crippen LogP contribution in [0.15, 0.2) is 54.6 Å². The van der Waals surface area contributed by atoms with Crippen molar-refractivity contribution in [2.24, 2.45) is 0 Å². The molecule has 1 aliphatic rings. The lowest BCUT2D eigenvalue weighted by atomic mass is 10.3. The van der Waals surface area contributed by atoms with Crippen molar-refractivity contribution in [3.8, 4) is 5.75 Å². The molecule has 164 valence electrons. The van der Waals surface area contributed by atoms with Gasteiger partial charge in [-0.05, 0) is 42.8 Å². The molecule has 2 aromatic carbocycles. The van der Waals surface area contributed by atoms with Gasteiger partial charge in [0.15, 0.2) is 19.0 Å². The summed E-state index contributed by atoms with van der Waals surface area (Å²) in [4.78, 5) is 37.8. The molecule has 10 heteroatoms. The smallest absolute Gasteiger partial charge is 0.344 e.